The first-order chi connectivity index (χ1) is 9.08. The van der Waals surface area contributed by atoms with Crippen molar-refractivity contribution in [3.05, 3.63) is 35.9 Å². The summed E-state index contributed by atoms with van der Waals surface area (Å²) in [6, 6.07) is 12.0. The highest BCUT2D eigenvalue weighted by Crippen LogP contribution is 2.16. The van der Waals surface area contributed by atoms with Crippen molar-refractivity contribution >= 4 is 5.97 Å². The number of likely N-dealkylation sites (N-methyl/N-ethyl adjacent to an activating group) is 1. The standard InChI is InChI=1S/C15H20N2O2/c1-12(15(18)19-3)10-17(2)11-14(9-16)13-7-5-4-6-8-13/h4-8,12,14H,10-11H2,1-3H3. The van der Waals surface area contributed by atoms with Crippen molar-refractivity contribution in [2.75, 3.05) is 27.2 Å². The van der Waals surface area contributed by atoms with Crippen LogP contribution in [0.1, 0.15) is 18.4 Å². The average molecular weight is 260 g/mol. The lowest BCUT2D eigenvalue weighted by Gasteiger charge is -2.22. The number of nitrogens with zero attached hydrogens (tertiary/aromatic N) is 2. The lowest BCUT2D eigenvalue weighted by atomic mass is 10.00. The maximum atomic E-state index is 11.4. The zero-order valence-electron chi connectivity index (χ0n) is 11.7. The summed E-state index contributed by atoms with van der Waals surface area (Å²) in [5, 5.41) is 9.25. The van der Waals surface area contributed by atoms with Crippen LogP contribution in [0.15, 0.2) is 30.3 Å². The van der Waals surface area contributed by atoms with E-state index in [1.54, 1.807) is 0 Å². The van der Waals surface area contributed by atoms with E-state index in [4.69, 9.17) is 4.74 Å². The molecule has 1 rings (SSSR count). The van der Waals surface area contributed by atoms with Crippen LogP contribution in [0, 0.1) is 17.2 Å². The van der Waals surface area contributed by atoms with Gasteiger partial charge in [-0.3, -0.25) is 4.79 Å². The van der Waals surface area contributed by atoms with E-state index in [1.165, 1.54) is 7.11 Å². The summed E-state index contributed by atoms with van der Waals surface area (Å²) < 4.78 is 4.70. The third-order valence-electron chi connectivity index (χ3n) is 3.04. The molecular weight excluding hydrogens is 240 g/mol. The van der Waals surface area contributed by atoms with Crippen LogP contribution in [0.4, 0.5) is 0 Å². The number of nitriles is 1. The Labute approximate surface area is 114 Å². The van der Waals surface area contributed by atoms with Crippen molar-refractivity contribution in [3.63, 3.8) is 0 Å². The Morgan fingerprint density at radius 3 is 2.53 bits per heavy atom. The minimum atomic E-state index is -0.222. The molecule has 0 N–H and O–H groups in total. The van der Waals surface area contributed by atoms with Crippen molar-refractivity contribution < 1.29 is 9.53 Å². The van der Waals surface area contributed by atoms with Gasteiger partial charge in [0.2, 0.25) is 0 Å². The predicted octanol–water partition coefficient (Wildman–Crippen LogP) is 2.03. The Kier molecular flexibility index (Phi) is 6.04. The summed E-state index contributed by atoms with van der Waals surface area (Å²) in [5.74, 6) is -0.596. The Balaban J connectivity index is 2.58. The molecule has 1 aromatic carbocycles. The van der Waals surface area contributed by atoms with Gasteiger partial charge in [-0.2, -0.15) is 5.26 Å². The lowest BCUT2D eigenvalue weighted by molar-refractivity contribution is -0.145. The van der Waals surface area contributed by atoms with Gasteiger partial charge in [-0.15, -0.1) is 0 Å². The molecule has 0 amide bonds. The molecule has 0 radical (unpaired) electrons. The Morgan fingerprint density at radius 1 is 1.37 bits per heavy atom. The SMILES string of the molecule is COC(=O)C(C)CN(C)CC(C#N)c1ccccc1. The van der Waals surface area contributed by atoms with Gasteiger partial charge in [0.15, 0.2) is 0 Å². The fraction of sp³-hybridized carbons (Fsp3) is 0.467. The molecule has 0 saturated carbocycles. The molecule has 0 fully saturated rings. The van der Waals surface area contributed by atoms with E-state index in [0.717, 1.165) is 5.56 Å². The van der Waals surface area contributed by atoms with E-state index in [0.29, 0.717) is 13.1 Å². The number of rotatable bonds is 6. The van der Waals surface area contributed by atoms with Crippen LogP contribution in [-0.4, -0.2) is 38.1 Å². The first-order valence-electron chi connectivity index (χ1n) is 6.29. The second kappa shape index (κ2) is 7.55. The molecular formula is C15H20N2O2. The molecule has 19 heavy (non-hydrogen) atoms. The summed E-state index contributed by atoms with van der Waals surface area (Å²) in [4.78, 5) is 13.3. The summed E-state index contributed by atoms with van der Waals surface area (Å²) in [6.45, 7) is 3.01. The molecule has 0 aliphatic carbocycles. The summed E-state index contributed by atoms with van der Waals surface area (Å²) >= 11 is 0. The zero-order chi connectivity index (χ0) is 14.3. The lowest BCUT2D eigenvalue weighted by Crippen LogP contribution is -2.32. The summed E-state index contributed by atoms with van der Waals surface area (Å²) in [7, 11) is 3.30. The quantitative estimate of drug-likeness (QED) is 0.734. The smallest absolute Gasteiger partial charge is 0.309 e. The van der Waals surface area contributed by atoms with Gasteiger partial charge < -0.3 is 9.64 Å². The van der Waals surface area contributed by atoms with Gasteiger partial charge in [0.05, 0.1) is 25.0 Å². The number of hydrogen-bond donors (Lipinski definition) is 0. The minimum Gasteiger partial charge on any atom is -0.469 e. The number of benzene rings is 1. The van der Waals surface area contributed by atoms with Gasteiger partial charge in [0, 0.05) is 13.1 Å². The van der Waals surface area contributed by atoms with Gasteiger partial charge in [0.1, 0.15) is 0 Å². The van der Waals surface area contributed by atoms with E-state index in [2.05, 4.69) is 6.07 Å². The highest BCUT2D eigenvalue weighted by Gasteiger charge is 2.18. The molecule has 0 spiro atoms. The van der Waals surface area contributed by atoms with Crippen LogP contribution in [0.5, 0.6) is 0 Å². The van der Waals surface area contributed by atoms with Crippen molar-refractivity contribution in [3.8, 4) is 6.07 Å². The molecule has 0 saturated heterocycles. The van der Waals surface area contributed by atoms with Crippen molar-refractivity contribution in [2.45, 2.75) is 12.8 Å². The molecule has 4 heteroatoms. The number of methoxy groups -OCH3 is 1. The van der Waals surface area contributed by atoms with Crippen LogP contribution in [0.25, 0.3) is 0 Å². The second-order valence-corrected chi connectivity index (χ2v) is 4.74. The first-order valence-corrected chi connectivity index (χ1v) is 6.29. The Hall–Kier alpha value is -1.86. The molecule has 0 aliphatic heterocycles. The Bertz CT molecular complexity index is 439. The van der Waals surface area contributed by atoms with E-state index < -0.39 is 0 Å². The average Bonchev–Trinajstić information content (AvgIpc) is 2.44. The Morgan fingerprint density at radius 2 is 2.00 bits per heavy atom. The van der Waals surface area contributed by atoms with Crippen LogP contribution in [0.3, 0.4) is 0 Å². The molecule has 0 bridgehead atoms. The molecule has 4 nitrogen and oxygen atoms in total. The molecule has 0 aromatic heterocycles. The second-order valence-electron chi connectivity index (χ2n) is 4.74. The predicted molar refractivity (Wildman–Crippen MR) is 73.5 cm³/mol. The first kappa shape index (κ1) is 15.2. The number of esters is 1. The number of carbonyl (C=O) groups excluding carboxylic acids is 1. The minimum absolute atomic E-state index is 0.184. The van der Waals surface area contributed by atoms with Crippen LogP contribution in [-0.2, 0) is 9.53 Å². The highest BCUT2D eigenvalue weighted by molar-refractivity contribution is 5.72. The van der Waals surface area contributed by atoms with Gasteiger partial charge in [-0.1, -0.05) is 37.3 Å². The maximum absolute atomic E-state index is 11.4. The number of ether oxygens (including phenoxy) is 1. The van der Waals surface area contributed by atoms with Gasteiger partial charge >= 0.3 is 5.97 Å². The molecule has 2 atom stereocenters. The van der Waals surface area contributed by atoms with Crippen LogP contribution >= 0.6 is 0 Å². The third-order valence-corrected chi connectivity index (χ3v) is 3.04. The fourth-order valence-electron chi connectivity index (χ4n) is 2.04. The van der Waals surface area contributed by atoms with Gasteiger partial charge in [-0.05, 0) is 12.6 Å². The molecule has 2 unspecified atom stereocenters. The fourth-order valence-corrected chi connectivity index (χ4v) is 2.04. The van der Waals surface area contributed by atoms with Crippen molar-refractivity contribution in [1.29, 1.82) is 5.26 Å². The van der Waals surface area contributed by atoms with Gasteiger partial charge in [0.25, 0.3) is 0 Å². The topological polar surface area (TPSA) is 53.3 Å². The highest BCUT2D eigenvalue weighted by atomic mass is 16.5. The third kappa shape index (κ3) is 4.72. The zero-order valence-corrected chi connectivity index (χ0v) is 11.7. The van der Waals surface area contributed by atoms with Crippen LogP contribution in [0.2, 0.25) is 0 Å². The summed E-state index contributed by atoms with van der Waals surface area (Å²) in [5.41, 5.74) is 1.00. The van der Waals surface area contributed by atoms with E-state index in [9.17, 15) is 10.1 Å². The van der Waals surface area contributed by atoms with Gasteiger partial charge in [-0.25, -0.2) is 0 Å². The monoisotopic (exact) mass is 260 g/mol. The molecule has 102 valence electrons. The summed E-state index contributed by atoms with van der Waals surface area (Å²) in [6.07, 6.45) is 0. The van der Waals surface area contributed by atoms with E-state index in [1.807, 2.05) is 49.2 Å². The normalized spacial score (nSPS) is 13.6. The number of carbonyl (C=O) groups is 1. The maximum Gasteiger partial charge on any atom is 0.309 e. The largest absolute Gasteiger partial charge is 0.469 e. The van der Waals surface area contributed by atoms with E-state index in [-0.39, 0.29) is 17.8 Å². The molecule has 0 aliphatic rings. The van der Waals surface area contributed by atoms with Crippen molar-refractivity contribution in [1.82, 2.24) is 4.90 Å². The van der Waals surface area contributed by atoms with Crippen molar-refractivity contribution in [2.24, 2.45) is 5.92 Å². The number of hydrogen-bond acceptors (Lipinski definition) is 4. The van der Waals surface area contributed by atoms with Crippen LogP contribution < -0.4 is 0 Å². The molecule has 0 heterocycles. The van der Waals surface area contributed by atoms with E-state index >= 15 is 0 Å². The molecule has 1 aromatic rings.